The minimum Gasteiger partial charge on any atom is -0.493 e. The summed E-state index contributed by atoms with van der Waals surface area (Å²) in [5.41, 5.74) is 2.61. The van der Waals surface area contributed by atoms with Crippen molar-refractivity contribution in [3.8, 4) is 11.5 Å². The lowest BCUT2D eigenvalue weighted by atomic mass is 10.0. The van der Waals surface area contributed by atoms with Crippen molar-refractivity contribution in [1.82, 2.24) is 4.98 Å². The van der Waals surface area contributed by atoms with Gasteiger partial charge in [-0.15, -0.1) is 0 Å². The molecule has 0 bridgehead atoms. The molecule has 0 saturated heterocycles. The fourth-order valence-corrected chi connectivity index (χ4v) is 3.34. The van der Waals surface area contributed by atoms with Crippen molar-refractivity contribution in [3.05, 3.63) is 53.7 Å². The number of cyclic esters (lactones) is 1. The first-order valence-electron chi connectivity index (χ1n) is 8.43. The fraction of sp³-hybridized carbons (Fsp3) is 0.200. The lowest BCUT2D eigenvalue weighted by Crippen LogP contribution is -2.15. The normalized spacial score (nSPS) is 15.3. The number of nitrogens with one attached hydrogen (secondary N) is 2. The summed E-state index contributed by atoms with van der Waals surface area (Å²) in [6.07, 6.45) is 1.19. The number of ether oxygens (including phenoxy) is 3. The van der Waals surface area contributed by atoms with E-state index in [9.17, 15) is 9.59 Å². The van der Waals surface area contributed by atoms with Crippen molar-refractivity contribution in [2.24, 2.45) is 0 Å². The highest BCUT2D eigenvalue weighted by Crippen LogP contribution is 2.43. The quantitative estimate of drug-likeness (QED) is 0.675. The average molecular weight is 366 g/mol. The van der Waals surface area contributed by atoms with E-state index in [4.69, 9.17) is 14.2 Å². The molecule has 2 N–H and O–H groups in total. The topological polar surface area (TPSA) is 89.7 Å². The third kappa shape index (κ3) is 2.97. The molecule has 2 heterocycles. The third-order valence-electron chi connectivity index (χ3n) is 4.59. The number of aromatic amines is 1. The van der Waals surface area contributed by atoms with Crippen molar-refractivity contribution in [1.29, 1.82) is 0 Å². The lowest BCUT2D eigenvalue weighted by molar-refractivity contribution is -0.118. The number of amides is 1. The van der Waals surface area contributed by atoms with Gasteiger partial charge in [-0.3, -0.25) is 4.79 Å². The number of fused-ring (bicyclic) bond motifs is 2. The Balaban J connectivity index is 1.54. The SMILES string of the molecule is COc1ccc2c(c1OC)C(=O)O[C@H]2CC(=O)Nc1ccc2[nH]ccc2c1. The van der Waals surface area contributed by atoms with Crippen LogP contribution in [0.1, 0.15) is 28.4 Å². The number of aromatic nitrogens is 1. The highest BCUT2D eigenvalue weighted by atomic mass is 16.6. The van der Waals surface area contributed by atoms with E-state index in [-0.39, 0.29) is 12.3 Å². The van der Waals surface area contributed by atoms with Gasteiger partial charge in [0.1, 0.15) is 11.7 Å². The van der Waals surface area contributed by atoms with Gasteiger partial charge in [-0.25, -0.2) is 4.79 Å². The van der Waals surface area contributed by atoms with Crippen molar-refractivity contribution < 1.29 is 23.8 Å². The summed E-state index contributed by atoms with van der Waals surface area (Å²) < 4.78 is 15.9. The molecule has 1 aliphatic heterocycles. The molecule has 138 valence electrons. The summed E-state index contributed by atoms with van der Waals surface area (Å²) >= 11 is 0. The van der Waals surface area contributed by atoms with Gasteiger partial charge in [0.15, 0.2) is 11.5 Å². The van der Waals surface area contributed by atoms with Gasteiger partial charge >= 0.3 is 5.97 Å². The van der Waals surface area contributed by atoms with E-state index in [0.29, 0.717) is 28.3 Å². The maximum Gasteiger partial charge on any atom is 0.343 e. The molecule has 0 aliphatic carbocycles. The van der Waals surface area contributed by atoms with Crippen LogP contribution in [-0.2, 0) is 9.53 Å². The van der Waals surface area contributed by atoms with Gasteiger partial charge in [0.2, 0.25) is 5.91 Å². The number of esters is 1. The highest BCUT2D eigenvalue weighted by Gasteiger charge is 2.36. The van der Waals surface area contributed by atoms with Crippen LogP contribution in [-0.4, -0.2) is 31.1 Å². The maximum atomic E-state index is 12.5. The molecule has 1 atom stereocenters. The first kappa shape index (κ1) is 17.0. The summed E-state index contributed by atoms with van der Waals surface area (Å²) in [6.45, 7) is 0. The summed E-state index contributed by atoms with van der Waals surface area (Å²) in [5, 5.41) is 3.85. The first-order valence-corrected chi connectivity index (χ1v) is 8.43. The van der Waals surface area contributed by atoms with E-state index in [1.54, 1.807) is 12.1 Å². The van der Waals surface area contributed by atoms with E-state index >= 15 is 0 Å². The van der Waals surface area contributed by atoms with Gasteiger partial charge in [-0.1, -0.05) is 6.07 Å². The van der Waals surface area contributed by atoms with Crippen molar-refractivity contribution in [3.63, 3.8) is 0 Å². The molecule has 0 saturated carbocycles. The molecule has 1 aromatic heterocycles. The van der Waals surface area contributed by atoms with Gasteiger partial charge in [0.05, 0.1) is 20.6 Å². The molecule has 1 aliphatic rings. The van der Waals surface area contributed by atoms with Crippen LogP contribution in [0.5, 0.6) is 11.5 Å². The molecule has 1 amide bonds. The van der Waals surface area contributed by atoms with Crippen LogP contribution in [0.4, 0.5) is 5.69 Å². The van der Waals surface area contributed by atoms with Crippen molar-refractivity contribution >= 4 is 28.5 Å². The summed E-state index contributed by atoms with van der Waals surface area (Å²) in [4.78, 5) is 27.9. The molecule has 7 nitrogen and oxygen atoms in total. The largest absolute Gasteiger partial charge is 0.493 e. The number of benzene rings is 2. The van der Waals surface area contributed by atoms with Crippen LogP contribution in [0.3, 0.4) is 0 Å². The van der Waals surface area contributed by atoms with Crippen LogP contribution in [0.15, 0.2) is 42.6 Å². The molecular weight excluding hydrogens is 348 g/mol. The number of methoxy groups -OCH3 is 2. The maximum absolute atomic E-state index is 12.5. The van der Waals surface area contributed by atoms with Crippen LogP contribution in [0, 0.1) is 0 Å². The standard InChI is InChI=1S/C20H18N2O5/c1-25-15-6-4-13-16(27-20(24)18(13)19(15)26-2)10-17(23)22-12-3-5-14-11(9-12)7-8-21-14/h3-9,16,21H,10H2,1-2H3,(H,22,23)/t16-/m0/s1. The zero-order valence-corrected chi connectivity index (χ0v) is 14.9. The monoisotopic (exact) mass is 366 g/mol. The Labute approximate surface area is 155 Å². The zero-order chi connectivity index (χ0) is 19.0. The van der Waals surface area contributed by atoms with E-state index < -0.39 is 12.1 Å². The Morgan fingerprint density at radius 3 is 2.81 bits per heavy atom. The molecule has 4 rings (SSSR count). The lowest BCUT2D eigenvalue weighted by Gasteiger charge is -2.12. The van der Waals surface area contributed by atoms with Gasteiger partial charge in [-0.2, -0.15) is 0 Å². The molecule has 7 heteroatoms. The number of carbonyl (C=O) groups excluding carboxylic acids is 2. The molecule has 0 unspecified atom stereocenters. The Bertz CT molecular complexity index is 1040. The number of rotatable bonds is 5. The minimum absolute atomic E-state index is 0.0133. The Kier molecular flexibility index (Phi) is 4.19. The fourth-order valence-electron chi connectivity index (χ4n) is 3.34. The molecule has 2 aromatic carbocycles. The Hall–Kier alpha value is -3.48. The minimum atomic E-state index is -0.664. The Morgan fingerprint density at radius 2 is 2.04 bits per heavy atom. The second-order valence-corrected chi connectivity index (χ2v) is 6.19. The van der Waals surface area contributed by atoms with Crippen LogP contribution in [0.25, 0.3) is 10.9 Å². The molecule has 3 aromatic rings. The molecule has 27 heavy (non-hydrogen) atoms. The van der Waals surface area contributed by atoms with Crippen LogP contribution in [0.2, 0.25) is 0 Å². The van der Waals surface area contributed by atoms with Crippen LogP contribution >= 0.6 is 0 Å². The Morgan fingerprint density at radius 1 is 1.19 bits per heavy atom. The molecule has 0 spiro atoms. The van der Waals surface area contributed by atoms with Crippen LogP contribution < -0.4 is 14.8 Å². The number of carbonyl (C=O) groups is 2. The summed E-state index contributed by atoms with van der Waals surface area (Å²) in [6, 6.07) is 11.0. The van der Waals surface area contributed by atoms with Crippen molar-refractivity contribution in [2.45, 2.75) is 12.5 Å². The molecule has 0 fully saturated rings. The number of hydrogen-bond acceptors (Lipinski definition) is 5. The van der Waals surface area contributed by atoms with E-state index in [2.05, 4.69) is 10.3 Å². The number of hydrogen-bond donors (Lipinski definition) is 2. The zero-order valence-electron chi connectivity index (χ0n) is 14.9. The second-order valence-electron chi connectivity index (χ2n) is 6.19. The van der Waals surface area contributed by atoms with E-state index in [1.807, 2.05) is 30.5 Å². The summed E-state index contributed by atoms with van der Waals surface area (Å²) in [5.74, 6) is -0.00321. The molecular formula is C20H18N2O5. The van der Waals surface area contributed by atoms with Crippen molar-refractivity contribution in [2.75, 3.05) is 19.5 Å². The predicted octanol–water partition coefficient (Wildman–Crippen LogP) is 3.43. The average Bonchev–Trinajstić information content (AvgIpc) is 3.25. The van der Waals surface area contributed by atoms with Gasteiger partial charge in [-0.05, 0) is 30.3 Å². The van der Waals surface area contributed by atoms with E-state index in [0.717, 1.165) is 10.9 Å². The van der Waals surface area contributed by atoms with Gasteiger partial charge in [0, 0.05) is 28.4 Å². The number of H-pyrrole nitrogens is 1. The van der Waals surface area contributed by atoms with E-state index in [1.165, 1.54) is 14.2 Å². The van der Waals surface area contributed by atoms with Gasteiger partial charge < -0.3 is 24.5 Å². The first-order chi connectivity index (χ1) is 13.1. The third-order valence-corrected chi connectivity index (χ3v) is 4.59. The van der Waals surface area contributed by atoms with Gasteiger partial charge in [0.25, 0.3) is 0 Å². The molecule has 0 radical (unpaired) electrons. The second kappa shape index (κ2) is 6.68. The smallest absolute Gasteiger partial charge is 0.343 e. The number of anilines is 1. The highest BCUT2D eigenvalue weighted by molar-refractivity contribution is 6.00. The predicted molar refractivity (Wildman–Crippen MR) is 99.2 cm³/mol. The summed E-state index contributed by atoms with van der Waals surface area (Å²) in [7, 11) is 2.96.